The lowest BCUT2D eigenvalue weighted by Crippen LogP contribution is -2.10. The molecule has 5 nitrogen and oxygen atoms in total. The molecule has 2 rings (SSSR count). The van der Waals surface area contributed by atoms with E-state index in [1.807, 2.05) is 31.2 Å². The molecule has 0 saturated carbocycles. The fourth-order valence-electron chi connectivity index (χ4n) is 2.61. The van der Waals surface area contributed by atoms with Crippen LogP contribution >= 0.6 is 0 Å². The molecule has 0 heterocycles. The average Bonchev–Trinajstić information content (AvgIpc) is 2.64. The van der Waals surface area contributed by atoms with Crippen molar-refractivity contribution in [2.45, 2.75) is 33.1 Å². The summed E-state index contributed by atoms with van der Waals surface area (Å²) in [5.74, 6) is 1.96. The zero-order chi connectivity index (χ0) is 19.3. The first-order valence-electron chi connectivity index (χ1n) is 8.51. The molecule has 2 aromatic rings. The van der Waals surface area contributed by atoms with E-state index >= 15 is 0 Å². The first kappa shape index (κ1) is 19.6. The number of hydrazone groups is 1. The maximum Gasteiger partial charge on any atom is 0.135 e. The van der Waals surface area contributed by atoms with E-state index in [0.717, 1.165) is 17.0 Å². The minimum absolute atomic E-state index is 0.127. The molecule has 0 aliphatic rings. The van der Waals surface area contributed by atoms with Crippen molar-refractivity contribution in [3.8, 4) is 17.2 Å². The minimum atomic E-state index is 0.127. The molecule has 0 atom stereocenters. The Morgan fingerprint density at radius 2 is 1.42 bits per heavy atom. The van der Waals surface area contributed by atoms with Gasteiger partial charge in [-0.2, -0.15) is 5.10 Å². The smallest absolute Gasteiger partial charge is 0.135 e. The summed E-state index contributed by atoms with van der Waals surface area (Å²) < 4.78 is 16.3. The van der Waals surface area contributed by atoms with Gasteiger partial charge in [-0.25, -0.2) is 0 Å². The Balaban J connectivity index is 2.29. The van der Waals surface area contributed by atoms with Crippen LogP contribution < -0.4 is 19.6 Å². The van der Waals surface area contributed by atoms with Gasteiger partial charge >= 0.3 is 0 Å². The number of rotatable bonds is 6. The number of nitrogens with zero attached hydrogens (tertiary/aromatic N) is 1. The number of anilines is 1. The number of methoxy groups -OCH3 is 3. The van der Waals surface area contributed by atoms with Crippen LogP contribution in [-0.2, 0) is 5.41 Å². The molecule has 0 amide bonds. The normalized spacial score (nSPS) is 11.9. The van der Waals surface area contributed by atoms with E-state index in [1.54, 1.807) is 21.3 Å². The van der Waals surface area contributed by atoms with Crippen LogP contribution in [0, 0.1) is 0 Å². The van der Waals surface area contributed by atoms with Crippen LogP contribution in [0.15, 0.2) is 41.5 Å². The van der Waals surface area contributed by atoms with Crippen LogP contribution in [0.1, 0.15) is 38.8 Å². The average molecular weight is 356 g/mol. The molecule has 26 heavy (non-hydrogen) atoms. The summed E-state index contributed by atoms with van der Waals surface area (Å²) in [4.78, 5) is 0. The number of hydrogen-bond acceptors (Lipinski definition) is 5. The van der Waals surface area contributed by atoms with E-state index in [0.29, 0.717) is 17.2 Å². The second kappa shape index (κ2) is 8.13. The summed E-state index contributed by atoms with van der Waals surface area (Å²) >= 11 is 0. The summed E-state index contributed by atoms with van der Waals surface area (Å²) in [6.45, 7) is 8.49. The largest absolute Gasteiger partial charge is 0.496 e. The van der Waals surface area contributed by atoms with Gasteiger partial charge in [-0.15, -0.1) is 0 Å². The lowest BCUT2D eigenvalue weighted by atomic mass is 9.87. The summed E-state index contributed by atoms with van der Waals surface area (Å²) in [6.07, 6.45) is 0. The fraction of sp³-hybridized carbons (Fsp3) is 0.381. The predicted molar refractivity (Wildman–Crippen MR) is 107 cm³/mol. The summed E-state index contributed by atoms with van der Waals surface area (Å²) in [5, 5.41) is 4.50. The van der Waals surface area contributed by atoms with Gasteiger partial charge < -0.3 is 14.2 Å². The quantitative estimate of drug-likeness (QED) is 0.594. The molecule has 0 spiro atoms. The molecule has 0 radical (unpaired) electrons. The van der Waals surface area contributed by atoms with Crippen LogP contribution in [0.4, 0.5) is 5.69 Å². The maximum atomic E-state index is 5.49. The highest BCUT2D eigenvalue weighted by Crippen LogP contribution is 2.34. The van der Waals surface area contributed by atoms with Gasteiger partial charge in [0.25, 0.3) is 0 Å². The number of hydrogen-bond donors (Lipinski definition) is 1. The van der Waals surface area contributed by atoms with Gasteiger partial charge in [-0.05, 0) is 30.0 Å². The van der Waals surface area contributed by atoms with E-state index in [-0.39, 0.29) is 5.41 Å². The lowest BCUT2D eigenvalue weighted by Gasteiger charge is -2.19. The first-order valence-corrected chi connectivity index (χ1v) is 8.51. The Morgan fingerprint density at radius 3 is 1.85 bits per heavy atom. The minimum Gasteiger partial charge on any atom is -0.496 e. The van der Waals surface area contributed by atoms with Crippen molar-refractivity contribution in [3.05, 3.63) is 47.5 Å². The van der Waals surface area contributed by atoms with Crippen LogP contribution in [0.2, 0.25) is 0 Å². The molecular formula is C21H28N2O3. The van der Waals surface area contributed by atoms with Crippen molar-refractivity contribution in [1.82, 2.24) is 0 Å². The monoisotopic (exact) mass is 356 g/mol. The Kier molecular flexibility index (Phi) is 6.14. The van der Waals surface area contributed by atoms with Crippen molar-refractivity contribution < 1.29 is 14.2 Å². The molecule has 0 saturated heterocycles. The highest BCUT2D eigenvalue weighted by molar-refractivity contribution is 6.04. The van der Waals surface area contributed by atoms with Crippen molar-refractivity contribution in [1.29, 1.82) is 0 Å². The van der Waals surface area contributed by atoms with Crippen molar-refractivity contribution in [3.63, 3.8) is 0 Å². The van der Waals surface area contributed by atoms with Gasteiger partial charge in [0.2, 0.25) is 0 Å². The Hall–Kier alpha value is -2.69. The lowest BCUT2D eigenvalue weighted by molar-refractivity contribution is 0.374. The van der Waals surface area contributed by atoms with Gasteiger partial charge in [-0.3, -0.25) is 5.43 Å². The molecule has 5 heteroatoms. The van der Waals surface area contributed by atoms with Crippen molar-refractivity contribution >= 4 is 11.4 Å². The Labute approximate surface area is 156 Å². The third kappa shape index (κ3) is 4.48. The van der Waals surface area contributed by atoms with Gasteiger partial charge in [-0.1, -0.05) is 32.9 Å². The number of benzene rings is 2. The summed E-state index contributed by atoms with van der Waals surface area (Å²) in [5.41, 5.74) is 6.96. The first-order chi connectivity index (χ1) is 12.3. The molecule has 0 unspecified atom stereocenters. The van der Waals surface area contributed by atoms with Gasteiger partial charge in [0.15, 0.2) is 0 Å². The zero-order valence-corrected chi connectivity index (χ0v) is 16.6. The van der Waals surface area contributed by atoms with Crippen molar-refractivity contribution in [2.24, 2.45) is 5.10 Å². The standard InChI is InChI=1S/C21H28N2O3/c1-14(20-18(25-6)12-17(24-5)13-19(20)26-7)22-23-16-10-8-15(9-11-16)21(2,3)4/h8-13,23H,1-7H3. The fourth-order valence-corrected chi connectivity index (χ4v) is 2.61. The molecule has 0 bridgehead atoms. The highest BCUT2D eigenvalue weighted by atomic mass is 16.5. The molecule has 0 fully saturated rings. The van der Waals surface area contributed by atoms with Gasteiger partial charge in [0, 0.05) is 12.1 Å². The van der Waals surface area contributed by atoms with Crippen LogP contribution in [0.25, 0.3) is 0 Å². The molecular weight excluding hydrogens is 328 g/mol. The summed E-state index contributed by atoms with van der Waals surface area (Å²) in [7, 11) is 4.84. The van der Waals surface area contributed by atoms with Gasteiger partial charge in [0.1, 0.15) is 17.2 Å². The highest BCUT2D eigenvalue weighted by Gasteiger charge is 2.16. The second-order valence-electron chi connectivity index (χ2n) is 7.04. The van der Waals surface area contributed by atoms with E-state index in [1.165, 1.54) is 5.56 Å². The maximum absolute atomic E-state index is 5.49. The van der Waals surface area contributed by atoms with E-state index in [9.17, 15) is 0 Å². The van der Waals surface area contributed by atoms with Gasteiger partial charge in [0.05, 0.1) is 38.3 Å². The van der Waals surface area contributed by atoms with E-state index in [4.69, 9.17) is 14.2 Å². The molecule has 0 aromatic heterocycles. The molecule has 0 aliphatic heterocycles. The molecule has 0 aliphatic carbocycles. The van der Waals surface area contributed by atoms with E-state index < -0.39 is 0 Å². The topological polar surface area (TPSA) is 52.1 Å². The SMILES string of the molecule is COc1cc(OC)c(C(C)=NNc2ccc(C(C)(C)C)cc2)c(OC)c1. The number of ether oxygens (including phenoxy) is 3. The zero-order valence-electron chi connectivity index (χ0n) is 16.6. The van der Waals surface area contributed by atoms with Crippen molar-refractivity contribution in [2.75, 3.05) is 26.8 Å². The Bertz CT molecular complexity index is 750. The van der Waals surface area contributed by atoms with Crippen LogP contribution in [0.3, 0.4) is 0 Å². The second-order valence-corrected chi connectivity index (χ2v) is 7.04. The summed E-state index contributed by atoms with van der Waals surface area (Å²) in [6, 6.07) is 11.9. The molecule has 2 aromatic carbocycles. The van der Waals surface area contributed by atoms with E-state index in [2.05, 4.69) is 43.4 Å². The predicted octanol–water partition coefficient (Wildman–Crippen LogP) is 4.85. The Morgan fingerprint density at radius 1 is 0.885 bits per heavy atom. The number of nitrogens with one attached hydrogen (secondary N) is 1. The van der Waals surface area contributed by atoms with Crippen LogP contribution in [-0.4, -0.2) is 27.0 Å². The third-order valence-electron chi connectivity index (χ3n) is 4.18. The molecule has 140 valence electrons. The molecule has 1 N–H and O–H groups in total. The third-order valence-corrected chi connectivity index (χ3v) is 4.18. The van der Waals surface area contributed by atoms with Crippen LogP contribution in [0.5, 0.6) is 17.2 Å².